The first-order valence-corrected chi connectivity index (χ1v) is 7.44. The topological polar surface area (TPSA) is 63.6 Å². The number of hydrogen-bond donors (Lipinski definition) is 1. The van der Waals surface area contributed by atoms with E-state index in [1.54, 1.807) is 13.8 Å². The molecule has 1 aromatic heterocycles. The monoisotopic (exact) mass is 307 g/mol. The van der Waals surface area contributed by atoms with Crippen molar-refractivity contribution >= 4 is 39.2 Å². The summed E-state index contributed by atoms with van der Waals surface area (Å²) < 4.78 is 4.89. The molecule has 3 aromatic rings. The van der Waals surface area contributed by atoms with Gasteiger partial charge in [0.15, 0.2) is 0 Å². The maximum Gasteiger partial charge on any atom is 0.354 e. The number of carbonyl (C=O) groups excluding carboxylic acids is 1. The van der Waals surface area contributed by atoms with E-state index in [1.807, 2.05) is 42.5 Å². The van der Waals surface area contributed by atoms with Gasteiger partial charge in [0, 0.05) is 10.8 Å². The maximum absolute atomic E-state index is 11.5. The van der Waals surface area contributed by atoms with Gasteiger partial charge in [0.25, 0.3) is 0 Å². The zero-order valence-corrected chi connectivity index (χ0v) is 13.0. The van der Waals surface area contributed by atoms with E-state index < -0.39 is 5.97 Å². The summed E-state index contributed by atoms with van der Waals surface area (Å²) in [7, 11) is 0. The highest BCUT2D eigenvalue weighted by Gasteiger charge is 2.06. The predicted molar refractivity (Wildman–Crippen MR) is 92.6 cm³/mol. The van der Waals surface area contributed by atoms with E-state index in [9.17, 15) is 4.79 Å². The molecule has 3 rings (SSSR count). The summed E-state index contributed by atoms with van der Waals surface area (Å²) in [4.78, 5) is 16.2. The quantitative estimate of drug-likeness (QED) is 0.345. The van der Waals surface area contributed by atoms with Crippen LogP contribution in [-0.2, 0) is 9.53 Å². The molecule has 2 aromatic carbocycles. The molecule has 0 saturated carbocycles. The van der Waals surface area contributed by atoms with Crippen molar-refractivity contribution in [1.29, 1.82) is 0 Å². The Morgan fingerprint density at radius 2 is 1.91 bits per heavy atom. The number of ether oxygens (including phenoxy) is 1. The van der Waals surface area contributed by atoms with Crippen LogP contribution in [0.4, 0.5) is 5.69 Å². The summed E-state index contributed by atoms with van der Waals surface area (Å²) in [5.74, 6) is -0.426. The van der Waals surface area contributed by atoms with E-state index in [0.717, 1.165) is 27.5 Å². The molecule has 0 atom stereocenters. The molecule has 116 valence electrons. The van der Waals surface area contributed by atoms with E-state index >= 15 is 0 Å². The van der Waals surface area contributed by atoms with Crippen molar-refractivity contribution in [2.75, 3.05) is 12.0 Å². The molecular formula is C18H17N3O2. The number of fused-ring (bicyclic) bond motifs is 2. The summed E-state index contributed by atoms with van der Waals surface area (Å²) in [5.41, 5.74) is 5.74. The van der Waals surface area contributed by atoms with Gasteiger partial charge in [-0.2, -0.15) is 5.10 Å². The molecule has 0 bridgehead atoms. The van der Waals surface area contributed by atoms with Gasteiger partial charge in [-0.15, -0.1) is 0 Å². The molecule has 0 radical (unpaired) electrons. The van der Waals surface area contributed by atoms with Gasteiger partial charge in [0.2, 0.25) is 0 Å². The van der Waals surface area contributed by atoms with Crippen molar-refractivity contribution in [2.45, 2.75) is 13.8 Å². The van der Waals surface area contributed by atoms with Crippen LogP contribution in [-0.4, -0.2) is 23.3 Å². The molecule has 5 heteroatoms. The summed E-state index contributed by atoms with van der Waals surface area (Å²) in [6.45, 7) is 3.70. The van der Waals surface area contributed by atoms with Crippen molar-refractivity contribution < 1.29 is 9.53 Å². The molecule has 1 heterocycles. The molecule has 5 nitrogen and oxygen atoms in total. The first-order chi connectivity index (χ1) is 11.2. The molecule has 23 heavy (non-hydrogen) atoms. The van der Waals surface area contributed by atoms with E-state index in [-0.39, 0.29) is 5.71 Å². The first-order valence-electron chi connectivity index (χ1n) is 7.44. The predicted octanol–water partition coefficient (Wildman–Crippen LogP) is 3.74. The van der Waals surface area contributed by atoms with Gasteiger partial charge >= 0.3 is 5.97 Å². The van der Waals surface area contributed by atoms with Crippen molar-refractivity contribution in [3.05, 3.63) is 48.5 Å². The molecule has 0 unspecified atom stereocenters. The number of pyridine rings is 1. The lowest BCUT2D eigenvalue weighted by atomic mass is 10.1. The minimum absolute atomic E-state index is 0.276. The van der Waals surface area contributed by atoms with Crippen LogP contribution < -0.4 is 5.43 Å². The van der Waals surface area contributed by atoms with Crippen molar-refractivity contribution in [1.82, 2.24) is 4.98 Å². The molecule has 0 fully saturated rings. The van der Waals surface area contributed by atoms with Gasteiger partial charge in [0.1, 0.15) is 5.71 Å². The highest BCUT2D eigenvalue weighted by atomic mass is 16.5. The number of hydrogen-bond acceptors (Lipinski definition) is 5. The van der Waals surface area contributed by atoms with Crippen LogP contribution in [0.3, 0.4) is 0 Å². The van der Waals surface area contributed by atoms with Crippen LogP contribution in [0.25, 0.3) is 21.8 Å². The Morgan fingerprint density at radius 1 is 1.13 bits per heavy atom. The van der Waals surface area contributed by atoms with Gasteiger partial charge in [-0.3, -0.25) is 5.43 Å². The van der Waals surface area contributed by atoms with Crippen LogP contribution in [0.5, 0.6) is 0 Å². The normalized spacial score (nSPS) is 11.7. The smallest absolute Gasteiger partial charge is 0.354 e. The van der Waals surface area contributed by atoms with Crippen LogP contribution in [0.1, 0.15) is 13.8 Å². The van der Waals surface area contributed by atoms with E-state index in [4.69, 9.17) is 4.74 Å². The Hall–Kier alpha value is -2.95. The molecule has 0 saturated heterocycles. The number of carbonyl (C=O) groups is 1. The average Bonchev–Trinajstić information content (AvgIpc) is 2.57. The second kappa shape index (κ2) is 6.44. The zero-order valence-electron chi connectivity index (χ0n) is 13.0. The van der Waals surface area contributed by atoms with E-state index in [2.05, 4.69) is 21.6 Å². The highest BCUT2D eigenvalue weighted by Crippen LogP contribution is 2.22. The number of anilines is 1. The average molecular weight is 307 g/mol. The molecule has 0 aliphatic heterocycles. The van der Waals surface area contributed by atoms with Crippen molar-refractivity contribution in [2.24, 2.45) is 5.10 Å². The number of benzene rings is 2. The summed E-state index contributed by atoms with van der Waals surface area (Å²) in [6.07, 6.45) is 0. The lowest BCUT2D eigenvalue weighted by Crippen LogP contribution is -2.15. The number of nitrogens with zero attached hydrogens (tertiary/aromatic N) is 2. The van der Waals surface area contributed by atoms with Gasteiger partial charge in [-0.1, -0.05) is 24.3 Å². The minimum atomic E-state index is -0.426. The van der Waals surface area contributed by atoms with Gasteiger partial charge in [-0.25, -0.2) is 9.78 Å². The number of aromatic nitrogens is 1. The maximum atomic E-state index is 11.5. The van der Waals surface area contributed by atoms with Gasteiger partial charge < -0.3 is 4.74 Å². The second-order valence-corrected chi connectivity index (χ2v) is 5.12. The van der Waals surface area contributed by atoms with Crippen LogP contribution >= 0.6 is 0 Å². The fourth-order valence-corrected chi connectivity index (χ4v) is 2.27. The van der Waals surface area contributed by atoms with Crippen LogP contribution in [0.2, 0.25) is 0 Å². The minimum Gasteiger partial charge on any atom is -0.461 e. The third-order valence-corrected chi connectivity index (χ3v) is 3.44. The molecule has 0 amide bonds. The molecule has 1 N–H and O–H groups in total. The Bertz CT molecular complexity index is 903. The van der Waals surface area contributed by atoms with Crippen molar-refractivity contribution in [3.63, 3.8) is 0 Å². The van der Waals surface area contributed by atoms with Gasteiger partial charge in [-0.05, 0) is 38.1 Å². The largest absolute Gasteiger partial charge is 0.461 e. The van der Waals surface area contributed by atoms with Crippen LogP contribution in [0.15, 0.2) is 53.6 Å². The molecular weight excluding hydrogens is 290 g/mol. The number of esters is 1. The number of hydrazone groups is 1. The van der Waals surface area contributed by atoms with E-state index in [1.165, 1.54) is 0 Å². The Labute approximate surface area is 134 Å². The summed E-state index contributed by atoms with van der Waals surface area (Å²) >= 11 is 0. The first kappa shape index (κ1) is 15.0. The molecule has 0 aliphatic carbocycles. The van der Waals surface area contributed by atoms with Gasteiger partial charge in [0.05, 0.1) is 23.3 Å². The van der Waals surface area contributed by atoms with Crippen LogP contribution in [0, 0.1) is 0 Å². The lowest BCUT2D eigenvalue weighted by molar-refractivity contribution is -0.135. The molecule has 0 aliphatic rings. The SMILES string of the molecule is CCOC(=O)C(C)=NNc1ccc2cc3ccccc3nc2c1. The fraction of sp³-hybridized carbons (Fsp3) is 0.167. The van der Waals surface area contributed by atoms with Crippen molar-refractivity contribution in [3.8, 4) is 0 Å². The molecule has 0 spiro atoms. The standard InChI is InChI=1S/C18H17N3O2/c1-3-23-18(22)12(2)20-21-15-9-8-14-10-13-6-4-5-7-16(13)19-17(14)11-15/h4-11,21H,3H2,1-2H3. The number of rotatable bonds is 4. The second-order valence-electron chi connectivity index (χ2n) is 5.12. The third-order valence-electron chi connectivity index (χ3n) is 3.44. The van der Waals surface area contributed by atoms with E-state index in [0.29, 0.717) is 6.61 Å². The summed E-state index contributed by atoms with van der Waals surface area (Å²) in [6, 6.07) is 15.9. The third kappa shape index (κ3) is 3.29. The number of nitrogens with one attached hydrogen (secondary N) is 1. The summed E-state index contributed by atoms with van der Waals surface area (Å²) in [5, 5.41) is 6.21. The Balaban J connectivity index is 1.89. The highest BCUT2D eigenvalue weighted by molar-refractivity contribution is 6.35. The zero-order chi connectivity index (χ0) is 16.2. The Kier molecular flexibility index (Phi) is 4.19. The number of para-hydroxylation sites is 1. The Morgan fingerprint density at radius 3 is 2.74 bits per heavy atom. The fourth-order valence-electron chi connectivity index (χ4n) is 2.27. The lowest BCUT2D eigenvalue weighted by Gasteiger charge is -2.06.